The third kappa shape index (κ3) is 10.6. The van der Waals surface area contributed by atoms with E-state index in [0.717, 1.165) is 12.8 Å². The predicted octanol–water partition coefficient (Wildman–Crippen LogP) is 0.808. The second-order valence-electron chi connectivity index (χ2n) is 25.9. The molecular formula is C57H90O23. The third-order valence-electron chi connectivity index (χ3n) is 20.3. The fraction of sp³-hybridized carbons (Fsp3) is 0.895. The molecule has 0 amide bonds. The first-order chi connectivity index (χ1) is 37.5. The van der Waals surface area contributed by atoms with E-state index in [9.17, 15) is 55.5 Å². The highest BCUT2D eigenvalue weighted by atomic mass is 16.8. The Bertz CT molecular complexity index is 2260. The molecule has 0 bridgehead atoms. The fourth-order valence-corrected chi connectivity index (χ4v) is 16.4. The Morgan fingerprint density at radius 3 is 2.10 bits per heavy atom. The third-order valence-corrected chi connectivity index (χ3v) is 20.3. The molecule has 1 spiro atoms. The number of hydrogen-bond acceptors (Lipinski definition) is 23. The van der Waals surface area contributed by atoms with Crippen molar-refractivity contribution in [1.29, 1.82) is 0 Å². The summed E-state index contributed by atoms with van der Waals surface area (Å²) in [5, 5.41) is 99.3. The summed E-state index contributed by atoms with van der Waals surface area (Å²) in [6, 6.07) is 0. The number of hydrogen-bond donors (Lipinski definition) is 9. The molecule has 23 nitrogen and oxygen atoms in total. The molecular weight excluding hydrogens is 1050 g/mol. The molecule has 80 heavy (non-hydrogen) atoms. The minimum atomic E-state index is -1.88. The standard InChI is InChI=1S/C57H90O23/c1-12-72-52(4,5)18-13-19-56(10)46-32(74-27(3)59)22-55(9)29-14-15-34-53(6,7)35(17-20-54(34,8)28(29)16-21-57(46,55)51(68)80-56)76-50-45(36(62)30(60)24-71-50)79-48-39(65)38(64)42(26(2)73-48)77-49-41(67)44(37(63)33(23-58)75-49)78-47-40(66)43(69-11)31(61)25-70-47/h13-14,18,26,28,30-50,58,60-67H,12,15-17,19-25H2,1-11H3/b18-13+/t26-,28-,30-,31-,32+,33-,34+,35+,36+,37-,38-,39-,40-,41-,42-,43+,44+,45-,46-,47+,48+,49+,50+,54-,55+,56+,57-/m1/s1. The van der Waals surface area contributed by atoms with Crippen LogP contribution in [0.15, 0.2) is 23.8 Å². The first-order valence-electron chi connectivity index (χ1n) is 28.7. The van der Waals surface area contributed by atoms with E-state index in [1.165, 1.54) is 26.5 Å². The summed E-state index contributed by atoms with van der Waals surface area (Å²) in [4.78, 5) is 27.6. The highest BCUT2D eigenvalue weighted by Crippen LogP contribution is 2.76. The summed E-state index contributed by atoms with van der Waals surface area (Å²) in [7, 11) is 1.27. The van der Waals surface area contributed by atoms with Gasteiger partial charge in [0.15, 0.2) is 25.2 Å². The average Bonchev–Trinajstić information content (AvgIpc) is 3.71. The van der Waals surface area contributed by atoms with Crippen molar-refractivity contribution in [3.63, 3.8) is 0 Å². The van der Waals surface area contributed by atoms with Crippen LogP contribution in [0.2, 0.25) is 0 Å². The lowest BCUT2D eigenvalue weighted by Crippen LogP contribution is -2.66. The number of fused-ring (bicyclic) bond motifs is 4. The molecule has 0 aromatic rings. The van der Waals surface area contributed by atoms with E-state index in [1.54, 1.807) is 0 Å². The molecule has 9 rings (SSSR count). The van der Waals surface area contributed by atoms with Crippen LogP contribution in [0, 0.1) is 39.4 Å². The van der Waals surface area contributed by atoms with Crippen LogP contribution in [0.25, 0.3) is 0 Å². The van der Waals surface area contributed by atoms with Gasteiger partial charge >= 0.3 is 11.9 Å². The number of aliphatic hydroxyl groups excluding tert-OH is 9. The molecule has 0 aromatic carbocycles. The van der Waals surface area contributed by atoms with Crippen molar-refractivity contribution in [2.45, 2.75) is 248 Å². The maximum absolute atomic E-state index is 14.8. The van der Waals surface area contributed by atoms with Gasteiger partial charge in [-0.15, -0.1) is 0 Å². The second kappa shape index (κ2) is 23.2. The first kappa shape index (κ1) is 62.2. The Labute approximate surface area is 468 Å². The summed E-state index contributed by atoms with van der Waals surface area (Å²) >= 11 is 0. The van der Waals surface area contributed by atoms with Gasteiger partial charge in [-0.05, 0) is 95.8 Å². The zero-order valence-corrected chi connectivity index (χ0v) is 48.0. The number of ether oxygens (including phenoxy) is 12. The molecule has 5 aliphatic heterocycles. The van der Waals surface area contributed by atoms with Gasteiger partial charge in [-0.1, -0.05) is 51.5 Å². The van der Waals surface area contributed by atoms with Crippen LogP contribution in [0.4, 0.5) is 0 Å². The lowest BCUT2D eigenvalue weighted by Gasteiger charge is -2.63. The molecule has 0 radical (unpaired) electrons. The molecule has 9 aliphatic rings. The van der Waals surface area contributed by atoms with Gasteiger partial charge in [0.1, 0.15) is 91.1 Å². The van der Waals surface area contributed by atoms with Crippen molar-refractivity contribution >= 4 is 11.9 Å². The van der Waals surface area contributed by atoms with E-state index in [1.807, 2.05) is 39.8 Å². The summed E-state index contributed by atoms with van der Waals surface area (Å²) in [5.41, 5.74) is -2.61. The molecule has 5 heterocycles. The van der Waals surface area contributed by atoms with Crippen LogP contribution in [0.3, 0.4) is 0 Å². The van der Waals surface area contributed by atoms with Crippen molar-refractivity contribution < 1.29 is 112 Å². The molecule has 27 atom stereocenters. The molecule has 9 N–H and O–H groups in total. The highest BCUT2D eigenvalue weighted by Gasteiger charge is 2.79. The molecule has 4 aliphatic carbocycles. The molecule has 23 heteroatoms. The predicted molar refractivity (Wildman–Crippen MR) is 276 cm³/mol. The lowest BCUT2D eigenvalue weighted by atomic mass is 9.41. The van der Waals surface area contributed by atoms with Gasteiger partial charge in [0.2, 0.25) is 0 Å². The molecule has 0 unspecified atom stereocenters. The Hall–Kier alpha value is -2.34. The van der Waals surface area contributed by atoms with Crippen molar-refractivity contribution in [3.8, 4) is 0 Å². The normalized spacial score (nSPS) is 50.2. The quantitative estimate of drug-likeness (QED) is 0.0763. The number of methoxy groups -OCH3 is 1. The molecule has 456 valence electrons. The van der Waals surface area contributed by atoms with Crippen LogP contribution in [-0.4, -0.2) is 225 Å². The summed E-state index contributed by atoms with van der Waals surface area (Å²) in [6.45, 7) is 18.8. The number of carbonyl (C=O) groups is 2. The number of allylic oxidation sites excluding steroid dienone is 2. The van der Waals surface area contributed by atoms with Crippen LogP contribution >= 0.6 is 0 Å². The smallest absolute Gasteiger partial charge is 0.314 e. The molecule has 3 saturated carbocycles. The van der Waals surface area contributed by atoms with Gasteiger partial charge in [-0.25, -0.2) is 0 Å². The van der Waals surface area contributed by atoms with Crippen molar-refractivity contribution in [1.82, 2.24) is 0 Å². The van der Waals surface area contributed by atoms with Crippen LogP contribution in [-0.2, 0) is 66.4 Å². The SMILES string of the molecule is CCOC(C)(C)/C=C/C[C@]1(C)OC(=O)[C@]23CC[C@@H]4C(=CC[C@H]5C(C)(C)[C@@H](O[C@@H]6OC[C@@H](O)[C@H](O)[C@H]6O[C@@H]6O[C@H](C)[C@@H](O[C@@H]7O[C@H](CO)[C@@H](O)[C@H](O[C@@H]8OC[C@@H](O)[C@H](OC)[C@H]8O)[C@H]7O)[C@H](O)[C@H]6O)CC[C@]45C)[C@]2(C)C[C@H](OC(C)=O)[C@@H]31. The van der Waals surface area contributed by atoms with Gasteiger partial charge in [0.05, 0.1) is 49.0 Å². The largest absolute Gasteiger partial charge is 0.462 e. The van der Waals surface area contributed by atoms with E-state index >= 15 is 0 Å². The van der Waals surface area contributed by atoms with Gasteiger partial charge in [-0.2, -0.15) is 0 Å². The van der Waals surface area contributed by atoms with Crippen molar-refractivity contribution in [2.24, 2.45) is 39.4 Å². The summed E-state index contributed by atoms with van der Waals surface area (Å²) < 4.78 is 72.0. The number of rotatable bonds is 16. The van der Waals surface area contributed by atoms with E-state index in [2.05, 4.69) is 33.8 Å². The first-order valence-corrected chi connectivity index (χ1v) is 28.7. The van der Waals surface area contributed by atoms with Crippen LogP contribution in [0.5, 0.6) is 0 Å². The maximum Gasteiger partial charge on any atom is 0.314 e. The topological polar surface area (TPSA) is 327 Å². The lowest BCUT2D eigenvalue weighted by molar-refractivity contribution is -0.387. The van der Waals surface area contributed by atoms with Crippen LogP contribution in [0.1, 0.15) is 114 Å². The zero-order chi connectivity index (χ0) is 58.4. The minimum absolute atomic E-state index is 0.0600. The number of cyclic esters (lactones) is 1. The summed E-state index contributed by atoms with van der Waals surface area (Å²) in [5.74, 6) is -0.884. The van der Waals surface area contributed by atoms with Crippen LogP contribution < -0.4 is 0 Å². The monoisotopic (exact) mass is 1140 g/mol. The highest BCUT2D eigenvalue weighted by molar-refractivity contribution is 5.84. The van der Waals surface area contributed by atoms with E-state index in [0.29, 0.717) is 38.7 Å². The Morgan fingerprint density at radius 2 is 1.43 bits per heavy atom. The zero-order valence-electron chi connectivity index (χ0n) is 48.0. The van der Waals surface area contributed by atoms with Crippen molar-refractivity contribution in [2.75, 3.05) is 33.5 Å². The Kier molecular flexibility index (Phi) is 18.0. The van der Waals surface area contributed by atoms with Crippen molar-refractivity contribution in [3.05, 3.63) is 23.8 Å². The fourth-order valence-electron chi connectivity index (χ4n) is 16.4. The number of esters is 2. The van der Waals surface area contributed by atoms with Gasteiger partial charge in [0.25, 0.3) is 0 Å². The second-order valence-corrected chi connectivity index (χ2v) is 25.9. The van der Waals surface area contributed by atoms with Gasteiger partial charge in [-0.3, -0.25) is 9.59 Å². The Morgan fingerprint density at radius 1 is 0.775 bits per heavy atom. The molecule has 8 fully saturated rings. The number of aliphatic hydroxyl groups is 9. The average molecular weight is 1140 g/mol. The Balaban J connectivity index is 0.888. The van der Waals surface area contributed by atoms with Gasteiger partial charge in [0, 0.05) is 32.5 Å². The summed E-state index contributed by atoms with van der Waals surface area (Å²) in [6.07, 6.45) is -17.8. The van der Waals surface area contributed by atoms with E-state index < -0.39 is 163 Å². The minimum Gasteiger partial charge on any atom is -0.462 e. The molecule has 5 saturated heterocycles. The van der Waals surface area contributed by atoms with Gasteiger partial charge < -0.3 is 103 Å². The molecule has 0 aromatic heterocycles. The maximum atomic E-state index is 14.8. The van der Waals surface area contributed by atoms with E-state index in [-0.39, 0.29) is 42.4 Å². The number of carbonyl (C=O) groups excluding carboxylic acids is 2. The van der Waals surface area contributed by atoms with E-state index in [4.69, 9.17) is 56.8 Å².